The van der Waals surface area contributed by atoms with E-state index in [0.717, 1.165) is 29.7 Å². The van der Waals surface area contributed by atoms with Crippen molar-refractivity contribution < 1.29 is 4.74 Å². The maximum absolute atomic E-state index is 6.08. The van der Waals surface area contributed by atoms with Crippen molar-refractivity contribution in [2.45, 2.75) is 25.6 Å². The number of hydrogen-bond acceptors (Lipinski definition) is 1. The summed E-state index contributed by atoms with van der Waals surface area (Å²) in [5.41, 5.74) is 1.16. The zero-order chi connectivity index (χ0) is 11.3. The van der Waals surface area contributed by atoms with Crippen LogP contribution in [-0.4, -0.2) is 6.61 Å². The Morgan fingerprint density at radius 2 is 2.13 bits per heavy atom. The van der Waals surface area contributed by atoms with Gasteiger partial charge in [-0.25, -0.2) is 0 Å². The summed E-state index contributed by atoms with van der Waals surface area (Å²) in [5.74, 6) is 1.44. The Labute approximate surface area is 105 Å². The van der Waals surface area contributed by atoms with Crippen molar-refractivity contribution in [3.8, 4) is 5.75 Å². The van der Waals surface area contributed by atoms with Gasteiger partial charge >= 0.3 is 0 Å². The van der Waals surface area contributed by atoms with Gasteiger partial charge in [0.25, 0.3) is 0 Å². The number of ether oxygens (including phenoxy) is 1. The fraction of sp³-hybridized carbons (Fsp3) is 0.500. The molecule has 1 aromatic rings. The average molecular weight is 292 g/mol. The maximum atomic E-state index is 6.08. The fourth-order valence-corrected chi connectivity index (χ4v) is 1.76. The highest BCUT2D eigenvalue weighted by molar-refractivity contribution is 9.08. The van der Waals surface area contributed by atoms with E-state index in [4.69, 9.17) is 16.3 Å². The van der Waals surface area contributed by atoms with E-state index in [0.29, 0.717) is 10.9 Å². The first-order valence-corrected chi connectivity index (χ1v) is 6.60. The van der Waals surface area contributed by atoms with Crippen LogP contribution in [0.5, 0.6) is 5.75 Å². The predicted octanol–water partition coefficient (Wildman–Crippen LogP) is 4.66. The summed E-state index contributed by atoms with van der Waals surface area (Å²) in [6, 6.07) is 5.88. The van der Waals surface area contributed by atoms with Gasteiger partial charge in [-0.15, -0.1) is 0 Å². The van der Waals surface area contributed by atoms with E-state index in [1.54, 1.807) is 0 Å². The molecular weight excluding hydrogens is 275 g/mol. The van der Waals surface area contributed by atoms with Crippen LogP contribution in [0.25, 0.3) is 0 Å². The molecule has 0 aliphatic rings. The molecule has 0 N–H and O–H groups in total. The molecule has 1 nitrogen and oxygen atoms in total. The third-order valence-corrected chi connectivity index (χ3v) is 3.05. The molecule has 0 aromatic heterocycles. The van der Waals surface area contributed by atoms with E-state index < -0.39 is 0 Å². The molecule has 0 saturated heterocycles. The SMILES string of the molecule is CC(C)CCOc1ccc(CBr)cc1Cl. The van der Waals surface area contributed by atoms with Crippen LogP contribution in [0.4, 0.5) is 0 Å². The molecule has 3 heteroatoms. The predicted molar refractivity (Wildman–Crippen MR) is 69.0 cm³/mol. The second-order valence-corrected chi connectivity index (χ2v) is 4.90. The summed E-state index contributed by atoms with van der Waals surface area (Å²) in [6.07, 6.45) is 1.05. The van der Waals surface area contributed by atoms with Crippen molar-refractivity contribution in [1.82, 2.24) is 0 Å². The quantitative estimate of drug-likeness (QED) is 0.717. The molecule has 0 spiro atoms. The highest BCUT2D eigenvalue weighted by Crippen LogP contribution is 2.26. The molecule has 0 atom stereocenters. The van der Waals surface area contributed by atoms with E-state index in [1.165, 1.54) is 0 Å². The Bertz CT molecular complexity index is 312. The van der Waals surface area contributed by atoms with Crippen LogP contribution >= 0.6 is 27.5 Å². The molecule has 0 aliphatic heterocycles. The average Bonchev–Trinajstić information content (AvgIpc) is 2.20. The molecule has 0 radical (unpaired) electrons. The standard InChI is InChI=1S/C12H16BrClO/c1-9(2)5-6-15-12-4-3-10(8-13)7-11(12)14/h3-4,7,9H,5-6,8H2,1-2H3. The van der Waals surface area contributed by atoms with Crippen molar-refractivity contribution >= 4 is 27.5 Å². The normalized spacial score (nSPS) is 10.7. The molecular formula is C12H16BrClO. The third-order valence-electron chi connectivity index (χ3n) is 2.10. The fourth-order valence-electron chi connectivity index (χ4n) is 1.15. The van der Waals surface area contributed by atoms with E-state index in [9.17, 15) is 0 Å². The Morgan fingerprint density at radius 3 is 2.67 bits per heavy atom. The summed E-state index contributed by atoms with van der Waals surface area (Å²) < 4.78 is 5.60. The van der Waals surface area contributed by atoms with Crippen molar-refractivity contribution in [3.05, 3.63) is 28.8 Å². The monoisotopic (exact) mass is 290 g/mol. The smallest absolute Gasteiger partial charge is 0.137 e. The third kappa shape index (κ3) is 4.43. The molecule has 84 valence electrons. The zero-order valence-corrected chi connectivity index (χ0v) is 11.4. The van der Waals surface area contributed by atoms with Crippen LogP contribution in [0.2, 0.25) is 5.02 Å². The van der Waals surface area contributed by atoms with Gasteiger partial charge in [0.2, 0.25) is 0 Å². The van der Waals surface area contributed by atoms with E-state index in [1.807, 2.05) is 18.2 Å². The topological polar surface area (TPSA) is 9.23 Å². The van der Waals surface area contributed by atoms with Gasteiger partial charge in [-0.05, 0) is 30.0 Å². The van der Waals surface area contributed by atoms with Gasteiger partial charge in [0.05, 0.1) is 11.6 Å². The molecule has 0 heterocycles. The van der Waals surface area contributed by atoms with Gasteiger partial charge in [0.1, 0.15) is 5.75 Å². The van der Waals surface area contributed by atoms with Crippen molar-refractivity contribution in [2.24, 2.45) is 5.92 Å². The molecule has 0 unspecified atom stereocenters. The lowest BCUT2D eigenvalue weighted by molar-refractivity contribution is 0.289. The number of benzene rings is 1. The molecule has 0 aliphatic carbocycles. The lowest BCUT2D eigenvalue weighted by Gasteiger charge is -2.10. The zero-order valence-electron chi connectivity index (χ0n) is 9.09. The largest absolute Gasteiger partial charge is 0.492 e. The number of rotatable bonds is 5. The van der Waals surface area contributed by atoms with Crippen molar-refractivity contribution in [3.63, 3.8) is 0 Å². The van der Waals surface area contributed by atoms with Gasteiger partial charge in [-0.3, -0.25) is 0 Å². The minimum atomic E-state index is 0.658. The lowest BCUT2D eigenvalue weighted by atomic mass is 10.1. The van der Waals surface area contributed by atoms with Crippen LogP contribution < -0.4 is 4.74 Å². The molecule has 0 bridgehead atoms. The Balaban J connectivity index is 2.54. The molecule has 0 amide bonds. The Kier molecular flexibility index (Phi) is 5.48. The lowest BCUT2D eigenvalue weighted by Crippen LogP contribution is -2.01. The van der Waals surface area contributed by atoms with E-state index in [2.05, 4.69) is 29.8 Å². The summed E-state index contributed by atoms with van der Waals surface area (Å²) in [6.45, 7) is 5.09. The second kappa shape index (κ2) is 6.39. The number of halogens is 2. The van der Waals surface area contributed by atoms with Gasteiger partial charge in [-0.1, -0.05) is 47.4 Å². The minimum absolute atomic E-state index is 0.658. The summed E-state index contributed by atoms with van der Waals surface area (Å²) in [4.78, 5) is 0. The van der Waals surface area contributed by atoms with Crippen molar-refractivity contribution in [1.29, 1.82) is 0 Å². The van der Waals surface area contributed by atoms with Crippen LogP contribution in [-0.2, 0) is 5.33 Å². The van der Waals surface area contributed by atoms with Crippen LogP contribution in [0.3, 0.4) is 0 Å². The first-order chi connectivity index (χ1) is 7.13. The highest BCUT2D eigenvalue weighted by Gasteiger charge is 2.03. The van der Waals surface area contributed by atoms with Gasteiger partial charge in [0.15, 0.2) is 0 Å². The van der Waals surface area contributed by atoms with Crippen LogP contribution in [0.15, 0.2) is 18.2 Å². The summed E-state index contributed by atoms with van der Waals surface area (Å²) in [7, 11) is 0. The van der Waals surface area contributed by atoms with Crippen LogP contribution in [0.1, 0.15) is 25.8 Å². The number of alkyl halides is 1. The van der Waals surface area contributed by atoms with E-state index >= 15 is 0 Å². The summed E-state index contributed by atoms with van der Waals surface area (Å²) in [5, 5.41) is 1.51. The minimum Gasteiger partial charge on any atom is -0.492 e. The Morgan fingerprint density at radius 1 is 1.40 bits per heavy atom. The first-order valence-electron chi connectivity index (χ1n) is 5.10. The molecule has 1 rings (SSSR count). The first kappa shape index (κ1) is 12.9. The van der Waals surface area contributed by atoms with Gasteiger partial charge in [0, 0.05) is 5.33 Å². The van der Waals surface area contributed by atoms with Gasteiger partial charge in [-0.2, -0.15) is 0 Å². The second-order valence-electron chi connectivity index (χ2n) is 3.93. The maximum Gasteiger partial charge on any atom is 0.137 e. The van der Waals surface area contributed by atoms with Gasteiger partial charge < -0.3 is 4.74 Å². The number of hydrogen-bond donors (Lipinski definition) is 0. The molecule has 1 aromatic carbocycles. The molecule has 0 fully saturated rings. The highest BCUT2D eigenvalue weighted by atomic mass is 79.9. The van der Waals surface area contributed by atoms with Crippen molar-refractivity contribution in [2.75, 3.05) is 6.61 Å². The molecule has 0 saturated carbocycles. The summed E-state index contributed by atoms with van der Waals surface area (Å²) >= 11 is 9.47. The van der Waals surface area contributed by atoms with E-state index in [-0.39, 0.29) is 0 Å². The Hall–Kier alpha value is -0.210. The van der Waals surface area contributed by atoms with Crippen LogP contribution in [0, 0.1) is 5.92 Å². The molecule has 15 heavy (non-hydrogen) atoms.